The molecule has 2 rings (SSSR count). The molecule has 0 atom stereocenters. The van der Waals surface area contributed by atoms with E-state index in [1.165, 1.54) is 6.20 Å². The zero-order chi connectivity index (χ0) is 15.1. The van der Waals surface area contributed by atoms with Crippen LogP contribution in [0.1, 0.15) is 22.8 Å². The van der Waals surface area contributed by atoms with E-state index in [4.69, 9.17) is 11.6 Å². The fourth-order valence-corrected chi connectivity index (χ4v) is 2.04. The molecular weight excluding hydrogens is 288 g/mol. The molecule has 0 saturated heterocycles. The Bertz CT molecular complexity index is 604. The zero-order valence-electron chi connectivity index (χ0n) is 11.8. The van der Waals surface area contributed by atoms with Crippen molar-refractivity contribution in [2.75, 3.05) is 18.4 Å². The molecule has 21 heavy (non-hydrogen) atoms. The molecule has 2 aromatic heterocycles. The van der Waals surface area contributed by atoms with E-state index in [1.807, 2.05) is 19.1 Å². The Morgan fingerprint density at radius 1 is 1.38 bits per heavy atom. The smallest absolute Gasteiger partial charge is 0.253 e. The number of aromatic nitrogens is 2. The number of carbonyl (C=O) groups excluding carboxylic acids is 1. The number of nitrogens with zero attached hydrogens (tertiary/aromatic N) is 2. The van der Waals surface area contributed by atoms with Crippen molar-refractivity contribution in [3.63, 3.8) is 0 Å². The van der Waals surface area contributed by atoms with Crippen molar-refractivity contribution in [3.8, 4) is 0 Å². The van der Waals surface area contributed by atoms with Gasteiger partial charge in [-0.15, -0.1) is 0 Å². The summed E-state index contributed by atoms with van der Waals surface area (Å²) >= 11 is 6.03. The van der Waals surface area contributed by atoms with Crippen molar-refractivity contribution in [1.29, 1.82) is 0 Å². The maximum Gasteiger partial charge on any atom is 0.253 e. The monoisotopic (exact) mass is 304 g/mol. The molecule has 6 heteroatoms. The van der Waals surface area contributed by atoms with E-state index in [0.29, 0.717) is 22.9 Å². The molecule has 0 radical (unpaired) electrons. The highest BCUT2D eigenvalue weighted by molar-refractivity contribution is 6.33. The van der Waals surface area contributed by atoms with E-state index in [-0.39, 0.29) is 5.91 Å². The van der Waals surface area contributed by atoms with Crippen LogP contribution in [-0.4, -0.2) is 29.0 Å². The number of nitrogens with one attached hydrogen (secondary N) is 2. The van der Waals surface area contributed by atoms with E-state index in [1.54, 1.807) is 18.5 Å². The van der Waals surface area contributed by atoms with E-state index >= 15 is 0 Å². The molecule has 0 fully saturated rings. The third-order valence-electron chi connectivity index (χ3n) is 2.88. The van der Waals surface area contributed by atoms with Gasteiger partial charge in [0.15, 0.2) is 0 Å². The average molecular weight is 305 g/mol. The summed E-state index contributed by atoms with van der Waals surface area (Å²) in [7, 11) is 0. The predicted molar refractivity (Wildman–Crippen MR) is 83.7 cm³/mol. The minimum absolute atomic E-state index is 0.203. The summed E-state index contributed by atoms with van der Waals surface area (Å²) in [5.74, 6) is 0.435. The van der Waals surface area contributed by atoms with Crippen LogP contribution in [-0.2, 0) is 6.42 Å². The highest BCUT2D eigenvalue weighted by Gasteiger charge is 2.11. The van der Waals surface area contributed by atoms with Crippen molar-refractivity contribution >= 4 is 23.3 Å². The van der Waals surface area contributed by atoms with E-state index in [2.05, 4.69) is 20.6 Å². The summed E-state index contributed by atoms with van der Waals surface area (Å²) in [4.78, 5) is 20.3. The van der Waals surface area contributed by atoms with Gasteiger partial charge in [-0.25, -0.2) is 4.98 Å². The number of amides is 1. The quantitative estimate of drug-likeness (QED) is 0.860. The van der Waals surface area contributed by atoms with Crippen LogP contribution in [0.4, 0.5) is 5.82 Å². The first kappa shape index (κ1) is 15.3. The summed E-state index contributed by atoms with van der Waals surface area (Å²) in [5.41, 5.74) is 1.50. The predicted octanol–water partition coefficient (Wildman–Crippen LogP) is 2.53. The lowest BCUT2D eigenvalue weighted by atomic mass is 10.2. The van der Waals surface area contributed by atoms with Crippen molar-refractivity contribution in [2.24, 2.45) is 0 Å². The maximum absolute atomic E-state index is 12.1. The number of rotatable bonds is 6. The lowest BCUT2D eigenvalue weighted by Gasteiger charge is -2.09. The molecule has 0 aliphatic heterocycles. The number of hydrogen-bond acceptors (Lipinski definition) is 4. The zero-order valence-corrected chi connectivity index (χ0v) is 12.5. The number of pyridine rings is 2. The van der Waals surface area contributed by atoms with Crippen molar-refractivity contribution in [3.05, 3.63) is 52.9 Å². The Hall–Kier alpha value is -2.14. The molecular formula is C15H17ClN4O. The van der Waals surface area contributed by atoms with Gasteiger partial charge in [-0.1, -0.05) is 17.7 Å². The third-order valence-corrected chi connectivity index (χ3v) is 3.18. The molecule has 2 aromatic rings. The van der Waals surface area contributed by atoms with Gasteiger partial charge in [0.05, 0.1) is 10.6 Å². The van der Waals surface area contributed by atoms with Gasteiger partial charge in [0, 0.05) is 31.7 Å². The molecule has 0 spiro atoms. The van der Waals surface area contributed by atoms with Crippen LogP contribution < -0.4 is 10.6 Å². The van der Waals surface area contributed by atoms with Crippen molar-refractivity contribution in [2.45, 2.75) is 13.3 Å². The first-order chi connectivity index (χ1) is 10.2. The molecule has 0 bridgehead atoms. The van der Waals surface area contributed by atoms with Crippen LogP contribution in [0, 0.1) is 0 Å². The van der Waals surface area contributed by atoms with Crippen molar-refractivity contribution < 1.29 is 4.79 Å². The molecule has 5 nitrogen and oxygen atoms in total. The molecule has 0 aliphatic rings. The van der Waals surface area contributed by atoms with E-state index in [0.717, 1.165) is 18.5 Å². The Kier molecular flexibility index (Phi) is 5.51. The lowest BCUT2D eigenvalue weighted by Crippen LogP contribution is -2.26. The molecule has 1 amide bonds. The number of carbonyl (C=O) groups is 1. The number of halogens is 1. The van der Waals surface area contributed by atoms with E-state index < -0.39 is 0 Å². The van der Waals surface area contributed by atoms with Gasteiger partial charge in [-0.05, 0) is 31.0 Å². The van der Waals surface area contributed by atoms with Crippen LogP contribution in [0.5, 0.6) is 0 Å². The Balaban J connectivity index is 1.95. The minimum Gasteiger partial charge on any atom is -0.370 e. The van der Waals surface area contributed by atoms with Gasteiger partial charge >= 0.3 is 0 Å². The molecule has 2 N–H and O–H groups in total. The van der Waals surface area contributed by atoms with Crippen molar-refractivity contribution in [1.82, 2.24) is 15.3 Å². The maximum atomic E-state index is 12.1. The normalized spacial score (nSPS) is 10.2. The first-order valence-electron chi connectivity index (χ1n) is 6.77. The molecule has 0 saturated carbocycles. The fourth-order valence-electron chi connectivity index (χ4n) is 1.85. The molecule has 0 unspecified atom stereocenters. The average Bonchev–Trinajstić information content (AvgIpc) is 2.50. The second-order valence-corrected chi connectivity index (χ2v) is 4.85. The lowest BCUT2D eigenvalue weighted by molar-refractivity contribution is 0.0954. The van der Waals surface area contributed by atoms with Gasteiger partial charge < -0.3 is 10.6 Å². The first-order valence-corrected chi connectivity index (χ1v) is 7.15. The second kappa shape index (κ2) is 7.59. The summed E-state index contributed by atoms with van der Waals surface area (Å²) in [6.07, 6.45) is 5.72. The van der Waals surface area contributed by atoms with E-state index in [9.17, 15) is 4.79 Å². The Labute approximate surface area is 128 Å². The molecule has 2 heterocycles. The summed E-state index contributed by atoms with van der Waals surface area (Å²) in [6, 6.07) is 5.51. The van der Waals surface area contributed by atoms with Gasteiger partial charge in [0.2, 0.25) is 0 Å². The highest BCUT2D eigenvalue weighted by Crippen LogP contribution is 2.17. The molecule has 110 valence electrons. The number of anilines is 1. The highest BCUT2D eigenvalue weighted by atomic mass is 35.5. The van der Waals surface area contributed by atoms with Gasteiger partial charge in [-0.2, -0.15) is 0 Å². The van der Waals surface area contributed by atoms with Crippen LogP contribution >= 0.6 is 11.6 Å². The van der Waals surface area contributed by atoms with Crippen LogP contribution in [0.15, 0.2) is 36.8 Å². The third kappa shape index (κ3) is 4.43. The Morgan fingerprint density at radius 3 is 2.95 bits per heavy atom. The molecule has 0 aliphatic carbocycles. The van der Waals surface area contributed by atoms with Gasteiger partial charge in [-0.3, -0.25) is 9.78 Å². The SMILES string of the molecule is CCNc1cc(C(=O)NCCc2cccnc2)c(Cl)cn1. The summed E-state index contributed by atoms with van der Waals surface area (Å²) in [6.45, 7) is 3.22. The minimum atomic E-state index is -0.203. The fraction of sp³-hybridized carbons (Fsp3) is 0.267. The standard InChI is InChI=1S/C15H17ClN4O/c1-2-18-14-8-12(13(16)10-20-14)15(21)19-7-5-11-4-3-6-17-9-11/h3-4,6,8-10H,2,5,7H2,1H3,(H,18,20)(H,19,21). The Morgan fingerprint density at radius 2 is 2.24 bits per heavy atom. The second-order valence-electron chi connectivity index (χ2n) is 4.45. The van der Waals surface area contributed by atoms with Gasteiger partial charge in [0.25, 0.3) is 5.91 Å². The summed E-state index contributed by atoms with van der Waals surface area (Å²) in [5, 5.41) is 6.25. The largest absolute Gasteiger partial charge is 0.370 e. The van der Waals surface area contributed by atoms with Crippen LogP contribution in [0.3, 0.4) is 0 Å². The topological polar surface area (TPSA) is 66.9 Å². The van der Waals surface area contributed by atoms with Crippen LogP contribution in [0.25, 0.3) is 0 Å². The number of hydrogen-bond donors (Lipinski definition) is 2. The summed E-state index contributed by atoms with van der Waals surface area (Å²) < 4.78 is 0. The molecule has 0 aromatic carbocycles. The van der Waals surface area contributed by atoms with Crippen LogP contribution in [0.2, 0.25) is 5.02 Å². The van der Waals surface area contributed by atoms with Gasteiger partial charge in [0.1, 0.15) is 5.82 Å².